The van der Waals surface area contributed by atoms with Gasteiger partial charge in [0.15, 0.2) is 0 Å². The molecule has 0 heterocycles. The average molecular weight is 239 g/mol. The Morgan fingerprint density at radius 2 is 2.06 bits per heavy atom. The number of hydrogen-bond donors (Lipinski definition) is 2. The Morgan fingerprint density at radius 1 is 1.38 bits per heavy atom. The summed E-state index contributed by atoms with van der Waals surface area (Å²) in [6.07, 6.45) is 3.26. The predicted octanol–water partition coefficient (Wildman–Crippen LogP) is 2.23. The Balaban J connectivity index is 2.29. The molecule has 1 aromatic rings. The van der Waals surface area contributed by atoms with Gasteiger partial charge in [0.1, 0.15) is 0 Å². The molecule has 1 rings (SSSR count). The molecule has 0 aliphatic carbocycles. The Bertz CT molecular complexity index is 324. The molecule has 0 aliphatic heterocycles. The van der Waals surface area contributed by atoms with E-state index in [9.17, 15) is 4.79 Å². The van der Waals surface area contributed by atoms with E-state index in [0.29, 0.717) is 5.56 Å². The number of carbonyl (C=O) groups is 1. The number of carboxylic acids is 1. The van der Waals surface area contributed by atoms with Crippen LogP contribution in [0.4, 0.5) is 0 Å². The molecule has 0 saturated heterocycles. The van der Waals surface area contributed by atoms with Crippen molar-refractivity contribution in [2.24, 2.45) is 0 Å². The summed E-state index contributed by atoms with van der Waals surface area (Å²) in [5.74, 6) is 0.296. The fraction of sp³-hybridized carbons (Fsp3) is 0.417. The third-order valence-electron chi connectivity index (χ3n) is 2.23. The van der Waals surface area contributed by atoms with Gasteiger partial charge in [-0.2, -0.15) is 11.8 Å². The predicted molar refractivity (Wildman–Crippen MR) is 68.1 cm³/mol. The molecule has 3 nitrogen and oxygen atoms in total. The first-order valence-electron chi connectivity index (χ1n) is 5.26. The van der Waals surface area contributed by atoms with Crippen LogP contribution in [0.2, 0.25) is 0 Å². The first kappa shape index (κ1) is 13.1. The van der Waals surface area contributed by atoms with E-state index in [1.807, 2.05) is 23.9 Å². The zero-order valence-corrected chi connectivity index (χ0v) is 10.2. The summed E-state index contributed by atoms with van der Waals surface area (Å²) in [4.78, 5) is 10.6. The van der Waals surface area contributed by atoms with Crippen molar-refractivity contribution >= 4 is 17.7 Å². The highest BCUT2D eigenvalue weighted by molar-refractivity contribution is 7.98. The number of rotatable bonds is 7. The fourth-order valence-electron chi connectivity index (χ4n) is 1.34. The molecule has 2 N–H and O–H groups in total. The summed E-state index contributed by atoms with van der Waals surface area (Å²) in [6, 6.07) is 6.98. The van der Waals surface area contributed by atoms with Crippen LogP contribution in [0.1, 0.15) is 22.3 Å². The molecule has 0 unspecified atom stereocenters. The van der Waals surface area contributed by atoms with E-state index in [-0.39, 0.29) is 0 Å². The molecule has 0 bridgehead atoms. The molecule has 16 heavy (non-hydrogen) atoms. The maximum atomic E-state index is 10.6. The molecule has 0 aromatic heterocycles. The van der Waals surface area contributed by atoms with Crippen LogP contribution in [0, 0.1) is 0 Å². The van der Waals surface area contributed by atoms with Crippen molar-refractivity contribution in [2.45, 2.75) is 13.0 Å². The number of benzene rings is 1. The van der Waals surface area contributed by atoms with Crippen LogP contribution < -0.4 is 5.32 Å². The van der Waals surface area contributed by atoms with Gasteiger partial charge in [-0.3, -0.25) is 0 Å². The van der Waals surface area contributed by atoms with Gasteiger partial charge >= 0.3 is 5.97 Å². The van der Waals surface area contributed by atoms with Crippen molar-refractivity contribution in [3.63, 3.8) is 0 Å². The summed E-state index contributed by atoms with van der Waals surface area (Å²) < 4.78 is 0. The van der Waals surface area contributed by atoms with Crippen LogP contribution >= 0.6 is 11.8 Å². The van der Waals surface area contributed by atoms with Gasteiger partial charge in [0.05, 0.1) is 5.56 Å². The van der Waals surface area contributed by atoms with Gasteiger partial charge in [-0.15, -0.1) is 0 Å². The SMILES string of the molecule is CSCCCNCc1ccc(C(=O)O)cc1. The second kappa shape index (κ2) is 7.30. The Labute approximate surface area is 100 Å². The average Bonchev–Trinajstić information content (AvgIpc) is 2.29. The summed E-state index contributed by atoms with van der Waals surface area (Å²) in [5.41, 5.74) is 1.46. The van der Waals surface area contributed by atoms with E-state index in [4.69, 9.17) is 5.11 Å². The quantitative estimate of drug-likeness (QED) is 0.716. The van der Waals surface area contributed by atoms with Crippen molar-refractivity contribution in [1.82, 2.24) is 5.32 Å². The first-order valence-corrected chi connectivity index (χ1v) is 6.65. The van der Waals surface area contributed by atoms with Gasteiger partial charge < -0.3 is 10.4 Å². The van der Waals surface area contributed by atoms with Crippen molar-refractivity contribution in [3.05, 3.63) is 35.4 Å². The molecule has 0 atom stereocenters. The van der Waals surface area contributed by atoms with Crippen LogP contribution in [0.5, 0.6) is 0 Å². The monoisotopic (exact) mass is 239 g/mol. The van der Waals surface area contributed by atoms with Gasteiger partial charge in [0, 0.05) is 6.54 Å². The minimum absolute atomic E-state index is 0.339. The lowest BCUT2D eigenvalue weighted by Gasteiger charge is -2.04. The zero-order valence-electron chi connectivity index (χ0n) is 9.40. The lowest BCUT2D eigenvalue weighted by Crippen LogP contribution is -2.15. The van der Waals surface area contributed by atoms with Crippen LogP contribution in [0.15, 0.2) is 24.3 Å². The molecule has 0 saturated carbocycles. The number of carboxylic acid groups (broad SMARTS) is 1. The Morgan fingerprint density at radius 3 is 2.62 bits per heavy atom. The molecular formula is C12H17NO2S. The fourth-order valence-corrected chi connectivity index (χ4v) is 1.77. The van der Waals surface area contributed by atoms with E-state index in [1.54, 1.807) is 12.1 Å². The smallest absolute Gasteiger partial charge is 0.335 e. The van der Waals surface area contributed by atoms with Gasteiger partial charge in [-0.1, -0.05) is 12.1 Å². The van der Waals surface area contributed by atoms with E-state index in [1.165, 1.54) is 5.75 Å². The topological polar surface area (TPSA) is 49.3 Å². The zero-order chi connectivity index (χ0) is 11.8. The van der Waals surface area contributed by atoms with Crippen molar-refractivity contribution in [1.29, 1.82) is 0 Å². The minimum atomic E-state index is -0.875. The van der Waals surface area contributed by atoms with Gasteiger partial charge in [0.2, 0.25) is 0 Å². The minimum Gasteiger partial charge on any atom is -0.478 e. The molecule has 4 heteroatoms. The molecule has 88 valence electrons. The van der Waals surface area contributed by atoms with E-state index >= 15 is 0 Å². The summed E-state index contributed by atoms with van der Waals surface area (Å²) in [7, 11) is 0. The maximum absolute atomic E-state index is 10.6. The number of thioether (sulfide) groups is 1. The third kappa shape index (κ3) is 4.68. The summed E-state index contributed by atoms with van der Waals surface area (Å²) in [6.45, 7) is 1.80. The second-order valence-corrected chi connectivity index (χ2v) is 4.51. The van der Waals surface area contributed by atoms with Crippen LogP contribution in [0.25, 0.3) is 0 Å². The number of aromatic carboxylic acids is 1. The maximum Gasteiger partial charge on any atom is 0.335 e. The molecule has 0 aliphatic rings. The molecule has 0 radical (unpaired) electrons. The van der Waals surface area contributed by atoms with Crippen LogP contribution in [0.3, 0.4) is 0 Å². The molecule has 1 aromatic carbocycles. The van der Waals surface area contributed by atoms with Crippen LogP contribution in [-0.4, -0.2) is 29.6 Å². The lowest BCUT2D eigenvalue weighted by molar-refractivity contribution is 0.0697. The standard InChI is InChI=1S/C12H17NO2S/c1-16-8-2-7-13-9-10-3-5-11(6-4-10)12(14)15/h3-6,13H,2,7-9H2,1H3,(H,14,15). The highest BCUT2D eigenvalue weighted by Gasteiger charge is 2.00. The van der Waals surface area contributed by atoms with Gasteiger partial charge in [-0.25, -0.2) is 4.79 Å². The Hall–Kier alpha value is -1.00. The van der Waals surface area contributed by atoms with E-state index in [2.05, 4.69) is 11.6 Å². The molecular weight excluding hydrogens is 222 g/mol. The highest BCUT2D eigenvalue weighted by Crippen LogP contribution is 2.04. The molecule has 0 spiro atoms. The molecule has 0 fully saturated rings. The third-order valence-corrected chi connectivity index (χ3v) is 2.93. The van der Waals surface area contributed by atoms with Gasteiger partial charge in [-0.05, 0) is 42.7 Å². The van der Waals surface area contributed by atoms with Crippen molar-refractivity contribution in [3.8, 4) is 0 Å². The number of nitrogens with one attached hydrogen (secondary N) is 1. The Kier molecular flexibility index (Phi) is 5.96. The van der Waals surface area contributed by atoms with E-state index < -0.39 is 5.97 Å². The highest BCUT2D eigenvalue weighted by atomic mass is 32.2. The summed E-state index contributed by atoms with van der Waals surface area (Å²) in [5, 5.41) is 12.1. The largest absolute Gasteiger partial charge is 0.478 e. The van der Waals surface area contributed by atoms with Gasteiger partial charge in [0.25, 0.3) is 0 Å². The lowest BCUT2D eigenvalue weighted by atomic mass is 10.1. The van der Waals surface area contributed by atoms with Crippen molar-refractivity contribution < 1.29 is 9.90 Å². The van der Waals surface area contributed by atoms with Crippen molar-refractivity contribution in [2.75, 3.05) is 18.6 Å². The number of hydrogen-bond acceptors (Lipinski definition) is 3. The summed E-state index contributed by atoms with van der Waals surface area (Å²) >= 11 is 1.85. The normalized spacial score (nSPS) is 10.3. The van der Waals surface area contributed by atoms with Crippen LogP contribution in [-0.2, 0) is 6.54 Å². The molecule has 0 amide bonds. The first-order chi connectivity index (χ1) is 7.74. The second-order valence-electron chi connectivity index (χ2n) is 3.53. The van der Waals surface area contributed by atoms with E-state index in [0.717, 1.165) is 25.1 Å².